The van der Waals surface area contributed by atoms with Gasteiger partial charge in [0.1, 0.15) is 5.69 Å². The van der Waals surface area contributed by atoms with Crippen molar-refractivity contribution in [2.24, 2.45) is 5.92 Å². The molecule has 0 saturated heterocycles. The highest BCUT2D eigenvalue weighted by Crippen LogP contribution is 2.20. The number of anilines is 1. The number of nitrogens with one attached hydrogen (secondary N) is 1. The van der Waals surface area contributed by atoms with E-state index >= 15 is 0 Å². The molecule has 1 heterocycles. The molecule has 1 aromatic heterocycles. The van der Waals surface area contributed by atoms with Crippen LogP contribution in [0.4, 0.5) is 5.69 Å². The van der Waals surface area contributed by atoms with E-state index in [1.165, 1.54) is 6.92 Å². The van der Waals surface area contributed by atoms with Crippen molar-refractivity contribution in [3.05, 3.63) is 26.6 Å². The quantitative estimate of drug-likeness (QED) is 0.932. The lowest BCUT2D eigenvalue weighted by Crippen LogP contribution is -2.27. The van der Waals surface area contributed by atoms with Crippen LogP contribution in [0.1, 0.15) is 26.3 Å². The molecule has 1 rings (SSSR count). The topological polar surface area (TPSA) is 51.1 Å². The molecule has 0 aliphatic heterocycles. The van der Waals surface area contributed by atoms with Crippen LogP contribution in [0.3, 0.4) is 0 Å². The van der Waals surface area contributed by atoms with Gasteiger partial charge < -0.3 is 9.88 Å². The van der Waals surface area contributed by atoms with Crippen molar-refractivity contribution in [3.63, 3.8) is 0 Å². The molecule has 0 aliphatic rings. The van der Waals surface area contributed by atoms with Gasteiger partial charge in [0.15, 0.2) is 0 Å². The molecule has 0 aromatic carbocycles. The van der Waals surface area contributed by atoms with E-state index in [0.717, 1.165) is 10.0 Å². The lowest BCUT2D eigenvalue weighted by atomic mass is 10.2. The molecule has 0 unspecified atom stereocenters. The number of hydrogen-bond acceptors (Lipinski definition) is 2. The number of rotatable bonds is 3. The van der Waals surface area contributed by atoms with Gasteiger partial charge in [-0.25, -0.2) is 0 Å². The first kappa shape index (κ1) is 14.0. The molecule has 0 saturated carbocycles. The Morgan fingerprint density at radius 3 is 2.59 bits per heavy atom. The average molecular weight is 301 g/mol. The molecule has 0 radical (unpaired) electrons. The fourth-order valence-corrected chi connectivity index (χ4v) is 2.01. The minimum absolute atomic E-state index is 0.158. The van der Waals surface area contributed by atoms with E-state index in [0.29, 0.717) is 18.2 Å². The van der Waals surface area contributed by atoms with Crippen LogP contribution in [-0.2, 0) is 11.3 Å². The highest BCUT2D eigenvalue weighted by molar-refractivity contribution is 9.10. The van der Waals surface area contributed by atoms with Crippen LogP contribution in [0.15, 0.2) is 15.5 Å². The predicted molar refractivity (Wildman–Crippen MR) is 72.3 cm³/mol. The van der Waals surface area contributed by atoms with E-state index < -0.39 is 0 Å². The number of hydrogen-bond donors (Lipinski definition) is 1. The summed E-state index contributed by atoms with van der Waals surface area (Å²) in [5, 5.41) is 2.59. The lowest BCUT2D eigenvalue weighted by Gasteiger charge is -2.14. The number of nitrogens with zero attached hydrogens (tertiary/aromatic N) is 1. The smallest absolute Gasteiger partial charge is 0.274 e. The van der Waals surface area contributed by atoms with Crippen LogP contribution in [0.2, 0.25) is 0 Å². The molecule has 0 atom stereocenters. The van der Waals surface area contributed by atoms with Crippen LogP contribution in [0.5, 0.6) is 0 Å². The monoisotopic (exact) mass is 300 g/mol. The van der Waals surface area contributed by atoms with Crippen molar-refractivity contribution in [1.29, 1.82) is 0 Å². The van der Waals surface area contributed by atoms with E-state index in [9.17, 15) is 9.59 Å². The summed E-state index contributed by atoms with van der Waals surface area (Å²) in [5.74, 6) is 0.131. The van der Waals surface area contributed by atoms with Crippen LogP contribution in [0.25, 0.3) is 0 Å². The van der Waals surface area contributed by atoms with E-state index in [-0.39, 0.29) is 11.5 Å². The van der Waals surface area contributed by atoms with E-state index in [4.69, 9.17) is 0 Å². The Labute approximate surface area is 109 Å². The van der Waals surface area contributed by atoms with Gasteiger partial charge >= 0.3 is 0 Å². The normalized spacial score (nSPS) is 10.7. The van der Waals surface area contributed by atoms with Gasteiger partial charge in [0.05, 0.1) is 0 Å². The minimum Gasteiger partial charge on any atom is -0.321 e. The fraction of sp³-hybridized carbons (Fsp3) is 0.500. The van der Waals surface area contributed by atoms with Crippen molar-refractivity contribution in [2.45, 2.75) is 34.2 Å². The minimum atomic E-state index is -0.237. The maximum Gasteiger partial charge on any atom is 0.274 e. The largest absolute Gasteiger partial charge is 0.321 e. The second-order valence-corrected chi connectivity index (χ2v) is 5.36. The standard InChI is InChI=1S/C12H17BrN2O2/c1-7(2)5-15-6-10(13)8(3)11(12(15)17)14-9(4)16/h6-7H,5H2,1-4H3,(H,14,16). The Bertz CT molecular complexity index is 492. The maximum absolute atomic E-state index is 12.1. The molecular weight excluding hydrogens is 284 g/mol. The van der Waals surface area contributed by atoms with E-state index in [2.05, 4.69) is 21.2 Å². The molecule has 94 valence electrons. The van der Waals surface area contributed by atoms with Gasteiger partial charge in [0.25, 0.3) is 5.56 Å². The summed E-state index contributed by atoms with van der Waals surface area (Å²) in [7, 11) is 0. The van der Waals surface area contributed by atoms with Crippen molar-refractivity contribution >= 4 is 27.5 Å². The number of halogens is 1. The Morgan fingerprint density at radius 1 is 1.53 bits per heavy atom. The molecule has 1 amide bonds. The predicted octanol–water partition coefficient (Wildman–Crippen LogP) is 2.53. The molecule has 0 bridgehead atoms. The van der Waals surface area contributed by atoms with Gasteiger partial charge in [-0.3, -0.25) is 9.59 Å². The second kappa shape index (κ2) is 5.49. The van der Waals surface area contributed by atoms with Gasteiger partial charge in [-0.2, -0.15) is 0 Å². The Balaban J connectivity index is 3.32. The van der Waals surface area contributed by atoms with Crippen LogP contribution >= 0.6 is 15.9 Å². The van der Waals surface area contributed by atoms with Gasteiger partial charge in [0, 0.05) is 24.1 Å². The lowest BCUT2D eigenvalue weighted by molar-refractivity contribution is -0.114. The molecule has 5 heteroatoms. The summed E-state index contributed by atoms with van der Waals surface area (Å²) >= 11 is 3.40. The summed E-state index contributed by atoms with van der Waals surface area (Å²) < 4.78 is 2.44. The first-order valence-corrected chi connectivity index (χ1v) is 6.29. The SMILES string of the molecule is CC(=O)Nc1c(C)c(Br)cn(CC(C)C)c1=O. The second-order valence-electron chi connectivity index (χ2n) is 4.51. The van der Waals surface area contributed by atoms with E-state index in [1.807, 2.05) is 13.8 Å². The molecule has 0 aliphatic carbocycles. The number of aromatic nitrogens is 1. The molecule has 0 spiro atoms. The summed E-state index contributed by atoms with van der Waals surface area (Å²) in [6.07, 6.45) is 1.77. The third-order valence-corrected chi connectivity index (χ3v) is 3.14. The van der Waals surface area contributed by atoms with Crippen molar-refractivity contribution in [2.75, 3.05) is 5.32 Å². The summed E-state index contributed by atoms with van der Waals surface area (Å²) in [5.41, 5.74) is 0.951. The van der Waals surface area contributed by atoms with Crippen LogP contribution in [-0.4, -0.2) is 10.5 Å². The third kappa shape index (κ3) is 3.43. The average Bonchev–Trinajstić information content (AvgIpc) is 2.20. The Morgan fingerprint density at radius 2 is 2.12 bits per heavy atom. The van der Waals surface area contributed by atoms with Gasteiger partial charge in [-0.15, -0.1) is 0 Å². The Hall–Kier alpha value is -1.10. The zero-order valence-electron chi connectivity index (χ0n) is 10.5. The summed E-state index contributed by atoms with van der Waals surface area (Å²) in [6, 6.07) is 0. The zero-order chi connectivity index (χ0) is 13.2. The molecule has 1 aromatic rings. The van der Waals surface area contributed by atoms with Crippen molar-refractivity contribution in [3.8, 4) is 0 Å². The highest BCUT2D eigenvalue weighted by atomic mass is 79.9. The number of carbonyl (C=O) groups is 1. The molecular formula is C12H17BrN2O2. The van der Waals surface area contributed by atoms with Crippen LogP contribution < -0.4 is 10.9 Å². The number of carbonyl (C=O) groups excluding carboxylic acids is 1. The highest BCUT2D eigenvalue weighted by Gasteiger charge is 2.12. The molecule has 0 fully saturated rings. The molecule has 1 N–H and O–H groups in total. The van der Waals surface area contributed by atoms with Gasteiger partial charge in [-0.05, 0) is 34.3 Å². The van der Waals surface area contributed by atoms with E-state index in [1.54, 1.807) is 17.7 Å². The fourth-order valence-electron chi connectivity index (χ4n) is 1.57. The summed E-state index contributed by atoms with van der Waals surface area (Å²) in [6.45, 7) is 7.91. The van der Waals surface area contributed by atoms with Crippen LogP contribution in [0, 0.1) is 12.8 Å². The third-order valence-electron chi connectivity index (χ3n) is 2.34. The number of pyridine rings is 1. The maximum atomic E-state index is 12.1. The molecule has 17 heavy (non-hydrogen) atoms. The van der Waals surface area contributed by atoms with Crippen molar-refractivity contribution < 1.29 is 4.79 Å². The van der Waals surface area contributed by atoms with Gasteiger partial charge in [0.2, 0.25) is 5.91 Å². The summed E-state index contributed by atoms with van der Waals surface area (Å²) in [4.78, 5) is 23.2. The van der Waals surface area contributed by atoms with Gasteiger partial charge in [-0.1, -0.05) is 13.8 Å². The first-order chi connectivity index (χ1) is 7.82. The zero-order valence-corrected chi connectivity index (χ0v) is 12.1. The Kier molecular flexibility index (Phi) is 4.51. The molecule has 4 nitrogen and oxygen atoms in total. The first-order valence-electron chi connectivity index (χ1n) is 5.50. The number of amides is 1. The van der Waals surface area contributed by atoms with Crippen molar-refractivity contribution in [1.82, 2.24) is 4.57 Å².